The highest BCUT2D eigenvalue weighted by molar-refractivity contribution is 6.31. The number of benzene rings is 1. The van der Waals surface area contributed by atoms with E-state index in [2.05, 4.69) is 34.6 Å². The molecule has 0 aliphatic rings. The van der Waals surface area contributed by atoms with Crippen molar-refractivity contribution in [1.82, 2.24) is 0 Å². The van der Waals surface area contributed by atoms with Crippen molar-refractivity contribution in [3.63, 3.8) is 0 Å². The van der Waals surface area contributed by atoms with Gasteiger partial charge in [0.25, 0.3) is 0 Å². The van der Waals surface area contributed by atoms with Gasteiger partial charge >= 0.3 is 0 Å². The number of hydrogen-bond acceptors (Lipinski definition) is 2. The van der Waals surface area contributed by atoms with Gasteiger partial charge in [0.1, 0.15) is 5.75 Å². The van der Waals surface area contributed by atoms with Crippen LogP contribution in [0.4, 0.5) is 0 Å². The maximum atomic E-state index is 6.40. The SMILES string of the molecule is CCCOc1c(C(C)C)cc(Cl)c(C)c1CC(N)CC. The minimum atomic E-state index is 0.149. The Balaban J connectivity index is 3.33. The molecular weight excluding hydrogens is 270 g/mol. The topological polar surface area (TPSA) is 35.2 Å². The second kappa shape index (κ2) is 7.90. The van der Waals surface area contributed by atoms with E-state index in [1.165, 1.54) is 11.1 Å². The third-order valence-electron chi connectivity index (χ3n) is 3.69. The van der Waals surface area contributed by atoms with E-state index in [0.717, 1.165) is 42.2 Å². The molecule has 0 bridgehead atoms. The highest BCUT2D eigenvalue weighted by Gasteiger charge is 2.19. The van der Waals surface area contributed by atoms with Crippen LogP contribution in [0.15, 0.2) is 6.07 Å². The van der Waals surface area contributed by atoms with Crippen molar-refractivity contribution < 1.29 is 4.74 Å². The van der Waals surface area contributed by atoms with Crippen molar-refractivity contribution in [2.45, 2.75) is 65.8 Å². The first-order valence-corrected chi connectivity index (χ1v) is 8.00. The molecule has 0 saturated heterocycles. The van der Waals surface area contributed by atoms with Gasteiger partial charge < -0.3 is 10.5 Å². The minimum Gasteiger partial charge on any atom is -0.493 e. The van der Waals surface area contributed by atoms with E-state index >= 15 is 0 Å². The Labute approximate surface area is 128 Å². The van der Waals surface area contributed by atoms with Gasteiger partial charge in [0.05, 0.1) is 6.61 Å². The Morgan fingerprint density at radius 3 is 2.45 bits per heavy atom. The molecule has 114 valence electrons. The van der Waals surface area contributed by atoms with Crippen LogP contribution in [-0.4, -0.2) is 12.6 Å². The van der Waals surface area contributed by atoms with Crippen LogP contribution < -0.4 is 10.5 Å². The smallest absolute Gasteiger partial charge is 0.126 e. The molecule has 0 heterocycles. The quantitative estimate of drug-likeness (QED) is 0.781. The maximum Gasteiger partial charge on any atom is 0.126 e. The standard InChI is InChI=1S/C17H28ClNO/c1-6-8-20-17-14(11(3)4)10-16(18)12(5)15(17)9-13(19)7-2/h10-11,13H,6-9,19H2,1-5H3. The van der Waals surface area contributed by atoms with E-state index in [1.54, 1.807) is 0 Å². The molecule has 0 spiro atoms. The molecule has 0 aliphatic heterocycles. The molecule has 0 amide bonds. The molecule has 0 fully saturated rings. The number of nitrogens with two attached hydrogens (primary N) is 1. The molecule has 0 radical (unpaired) electrons. The third-order valence-corrected chi connectivity index (χ3v) is 4.09. The van der Waals surface area contributed by atoms with Gasteiger partial charge in [-0.05, 0) is 49.3 Å². The van der Waals surface area contributed by atoms with Gasteiger partial charge in [-0.3, -0.25) is 0 Å². The van der Waals surface area contributed by atoms with Crippen LogP contribution in [0.2, 0.25) is 5.02 Å². The highest BCUT2D eigenvalue weighted by atomic mass is 35.5. The Kier molecular flexibility index (Phi) is 6.84. The van der Waals surface area contributed by atoms with Crippen LogP contribution in [-0.2, 0) is 6.42 Å². The van der Waals surface area contributed by atoms with E-state index in [1.807, 2.05) is 6.07 Å². The van der Waals surface area contributed by atoms with Gasteiger partial charge in [-0.1, -0.05) is 39.3 Å². The molecule has 1 rings (SSSR count). The molecule has 0 aliphatic carbocycles. The average Bonchev–Trinajstić information content (AvgIpc) is 2.42. The maximum absolute atomic E-state index is 6.40. The lowest BCUT2D eigenvalue weighted by molar-refractivity contribution is 0.308. The van der Waals surface area contributed by atoms with Crippen molar-refractivity contribution in [2.75, 3.05) is 6.61 Å². The highest BCUT2D eigenvalue weighted by Crippen LogP contribution is 2.37. The number of halogens is 1. The van der Waals surface area contributed by atoms with Crippen LogP contribution in [0.3, 0.4) is 0 Å². The van der Waals surface area contributed by atoms with Gasteiger partial charge in [-0.15, -0.1) is 0 Å². The lowest BCUT2D eigenvalue weighted by Crippen LogP contribution is -2.23. The molecule has 2 nitrogen and oxygen atoms in total. The van der Waals surface area contributed by atoms with E-state index in [4.69, 9.17) is 22.1 Å². The normalized spacial score (nSPS) is 12.8. The molecule has 3 heteroatoms. The van der Waals surface area contributed by atoms with Crippen molar-refractivity contribution in [3.05, 3.63) is 27.8 Å². The molecule has 0 saturated carbocycles. The average molecular weight is 298 g/mol. The lowest BCUT2D eigenvalue weighted by atomic mass is 9.92. The van der Waals surface area contributed by atoms with E-state index in [0.29, 0.717) is 5.92 Å². The summed E-state index contributed by atoms with van der Waals surface area (Å²) in [6.45, 7) is 11.4. The van der Waals surface area contributed by atoms with Gasteiger partial charge in [0, 0.05) is 16.6 Å². The van der Waals surface area contributed by atoms with Gasteiger partial charge in [-0.2, -0.15) is 0 Å². The number of rotatable bonds is 7. The van der Waals surface area contributed by atoms with Crippen LogP contribution >= 0.6 is 11.6 Å². The lowest BCUT2D eigenvalue weighted by Gasteiger charge is -2.22. The first-order chi connectivity index (χ1) is 9.42. The first kappa shape index (κ1) is 17.3. The molecule has 2 N–H and O–H groups in total. The monoisotopic (exact) mass is 297 g/mol. The third kappa shape index (κ3) is 4.13. The van der Waals surface area contributed by atoms with Crippen molar-refractivity contribution in [1.29, 1.82) is 0 Å². The fourth-order valence-corrected chi connectivity index (χ4v) is 2.49. The summed E-state index contributed by atoms with van der Waals surface area (Å²) in [5.74, 6) is 1.39. The van der Waals surface area contributed by atoms with Gasteiger partial charge in [0.15, 0.2) is 0 Å². The van der Waals surface area contributed by atoms with Crippen LogP contribution in [0.1, 0.15) is 63.1 Å². The summed E-state index contributed by atoms with van der Waals surface area (Å²) in [4.78, 5) is 0. The molecule has 1 atom stereocenters. The zero-order valence-corrected chi connectivity index (χ0v) is 14.2. The summed E-state index contributed by atoms with van der Waals surface area (Å²) in [5, 5.41) is 0.816. The molecule has 0 aromatic heterocycles. The van der Waals surface area contributed by atoms with Gasteiger partial charge in [0.2, 0.25) is 0 Å². The predicted octanol–water partition coefficient (Wildman–Crippen LogP) is 4.84. The largest absolute Gasteiger partial charge is 0.493 e. The Hall–Kier alpha value is -0.730. The zero-order valence-electron chi connectivity index (χ0n) is 13.4. The summed E-state index contributed by atoms with van der Waals surface area (Å²) in [6, 6.07) is 2.20. The predicted molar refractivity (Wildman–Crippen MR) is 88.0 cm³/mol. The second-order valence-corrected chi connectivity index (χ2v) is 6.16. The first-order valence-electron chi connectivity index (χ1n) is 7.62. The summed E-state index contributed by atoms with van der Waals surface area (Å²) < 4.78 is 6.05. The molecule has 1 aromatic carbocycles. The van der Waals surface area contributed by atoms with Crippen molar-refractivity contribution >= 4 is 11.6 Å². The summed E-state index contributed by atoms with van der Waals surface area (Å²) >= 11 is 6.40. The van der Waals surface area contributed by atoms with Crippen molar-refractivity contribution in [2.24, 2.45) is 5.73 Å². The minimum absolute atomic E-state index is 0.149. The molecular formula is C17H28ClNO. The van der Waals surface area contributed by atoms with E-state index < -0.39 is 0 Å². The van der Waals surface area contributed by atoms with Gasteiger partial charge in [-0.25, -0.2) is 0 Å². The van der Waals surface area contributed by atoms with Crippen LogP contribution in [0.5, 0.6) is 5.75 Å². The molecule has 20 heavy (non-hydrogen) atoms. The van der Waals surface area contributed by atoms with Crippen LogP contribution in [0.25, 0.3) is 0 Å². The number of hydrogen-bond donors (Lipinski definition) is 1. The second-order valence-electron chi connectivity index (χ2n) is 5.76. The molecule has 1 unspecified atom stereocenters. The Bertz CT molecular complexity index is 443. The van der Waals surface area contributed by atoms with E-state index in [9.17, 15) is 0 Å². The molecule has 1 aromatic rings. The summed E-state index contributed by atoms with van der Waals surface area (Å²) in [7, 11) is 0. The zero-order chi connectivity index (χ0) is 15.3. The van der Waals surface area contributed by atoms with Crippen molar-refractivity contribution in [3.8, 4) is 5.75 Å². The summed E-state index contributed by atoms with van der Waals surface area (Å²) in [5.41, 5.74) is 9.62. The Morgan fingerprint density at radius 2 is 1.95 bits per heavy atom. The van der Waals surface area contributed by atoms with E-state index in [-0.39, 0.29) is 6.04 Å². The Morgan fingerprint density at radius 1 is 1.30 bits per heavy atom. The fourth-order valence-electron chi connectivity index (χ4n) is 2.25. The fraction of sp³-hybridized carbons (Fsp3) is 0.647. The number of ether oxygens (including phenoxy) is 1. The van der Waals surface area contributed by atoms with Crippen LogP contribution in [0, 0.1) is 6.92 Å². The summed E-state index contributed by atoms with van der Waals surface area (Å²) in [6.07, 6.45) is 2.77.